The van der Waals surface area contributed by atoms with Crippen LogP contribution in [0, 0.1) is 12.7 Å². The maximum absolute atomic E-state index is 13.3. The maximum atomic E-state index is 13.3. The minimum atomic E-state index is -0.218. The zero-order valence-electron chi connectivity index (χ0n) is 11.8. The molecule has 1 N–H and O–H groups in total. The zero-order valence-corrected chi connectivity index (χ0v) is 13.4. The van der Waals surface area contributed by atoms with Gasteiger partial charge in [-0.2, -0.15) is 0 Å². The molecule has 0 saturated carbocycles. The molecule has 1 atom stereocenters. The predicted molar refractivity (Wildman–Crippen MR) is 85.4 cm³/mol. The van der Waals surface area contributed by atoms with Gasteiger partial charge in [0.1, 0.15) is 5.82 Å². The van der Waals surface area contributed by atoms with E-state index in [0.29, 0.717) is 4.47 Å². The summed E-state index contributed by atoms with van der Waals surface area (Å²) < 4.78 is 13.8. The van der Waals surface area contributed by atoms with Crippen molar-refractivity contribution in [2.24, 2.45) is 0 Å². The van der Waals surface area contributed by atoms with Crippen LogP contribution in [0.3, 0.4) is 0 Å². The van der Waals surface area contributed by atoms with Gasteiger partial charge in [0.15, 0.2) is 0 Å². The Morgan fingerprint density at radius 3 is 2.45 bits per heavy atom. The number of nitrogens with one attached hydrogen (secondary N) is 1. The number of hydrogen-bond donors (Lipinski definition) is 1. The first-order valence-corrected chi connectivity index (χ1v) is 7.63. The Bertz CT molecular complexity index is 566. The summed E-state index contributed by atoms with van der Waals surface area (Å²) in [4.78, 5) is 0. The molecular formula is C17H19BrFN. The van der Waals surface area contributed by atoms with Crippen molar-refractivity contribution in [3.8, 4) is 0 Å². The fraction of sp³-hybridized carbons (Fsp3) is 0.294. The van der Waals surface area contributed by atoms with E-state index in [2.05, 4.69) is 59.4 Å². The Morgan fingerprint density at radius 1 is 1.15 bits per heavy atom. The van der Waals surface area contributed by atoms with Gasteiger partial charge in [-0.25, -0.2) is 4.39 Å². The highest BCUT2D eigenvalue weighted by molar-refractivity contribution is 9.10. The SMILES string of the molecule is CCNC(Cc1ccc(F)c(Br)c1)c1ccc(C)cc1. The third-order valence-electron chi connectivity index (χ3n) is 3.35. The second kappa shape index (κ2) is 7.00. The highest BCUT2D eigenvalue weighted by Crippen LogP contribution is 2.23. The lowest BCUT2D eigenvalue weighted by atomic mass is 9.98. The van der Waals surface area contributed by atoms with Crippen LogP contribution < -0.4 is 5.32 Å². The molecule has 1 nitrogen and oxygen atoms in total. The van der Waals surface area contributed by atoms with Gasteiger partial charge in [0.2, 0.25) is 0 Å². The van der Waals surface area contributed by atoms with Crippen LogP contribution in [0.4, 0.5) is 4.39 Å². The summed E-state index contributed by atoms with van der Waals surface area (Å²) in [5.74, 6) is -0.218. The Hall–Kier alpha value is -1.19. The second-order valence-electron chi connectivity index (χ2n) is 4.97. The molecule has 106 valence electrons. The lowest BCUT2D eigenvalue weighted by Crippen LogP contribution is -2.23. The van der Waals surface area contributed by atoms with Gasteiger partial charge in [0.25, 0.3) is 0 Å². The molecule has 0 bridgehead atoms. The smallest absolute Gasteiger partial charge is 0.137 e. The van der Waals surface area contributed by atoms with Crippen molar-refractivity contribution in [3.63, 3.8) is 0 Å². The molecule has 2 rings (SSSR count). The van der Waals surface area contributed by atoms with Crippen LogP contribution in [0.15, 0.2) is 46.9 Å². The average Bonchev–Trinajstić information content (AvgIpc) is 2.43. The third kappa shape index (κ3) is 3.90. The molecule has 0 heterocycles. The van der Waals surface area contributed by atoms with Crippen molar-refractivity contribution in [3.05, 3.63) is 69.4 Å². The van der Waals surface area contributed by atoms with E-state index in [9.17, 15) is 4.39 Å². The van der Waals surface area contributed by atoms with Gasteiger partial charge in [0, 0.05) is 6.04 Å². The number of aryl methyl sites for hydroxylation is 1. The highest BCUT2D eigenvalue weighted by Gasteiger charge is 2.12. The van der Waals surface area contributed by atoms with Gasteiger partial charge < -0.3 is 5.32 Å². The first-order valence-electron chi connectivity index (χ1n) is 6.84. The topological polar surface area (TPSA) is 12.0 Å². The van der Waals surface area contributed by atoms with E-state index in [-0.39, 0.29) is 11.9 Å². The number of halogens is 2. The molecule has 0 aliphatic rings. The Balaban J connectivity index is 2.20. The van der Waals surface area contributed by atoms with Gasteiger partial charge in [-0.1, -0.05) is 42.8 Å². The largest absolute Gasteiger partial charge is 0.310 e. The van der Waals surface area contributed by atoms with Crippen LogP contribution in [0.1, 0.15) is 29.7 Å². The molecule has 0 spiro atoms. The molecule has 0 saturated heterocycles. The van der Waals surface area contributed by atoms with Crippen molar-refractivity contribution in [1.82, 2.24) is 5.32 Å². The van der Waals surface area contributed by atoms with Crippen LogP contribution in [0.5, 0.6) is 0 Å². The van der Waals surface area contributed by atoms with Crippen LogP contribution in [-0.4, -0.2) is 6.54 Å². The van der Waals surface area contributed by atoms with Gasteiger partial charge in [-0.3, -0.25) is 0 Å². The zero-order chi connectivity index (χ0) is 14.5. The highest BCUT2D eigenvalue weighted by atomic mass is 79.9. The van der Waals surface area contributed by atoms with Crippen LogP contribution in [0.2, 0.25) is 0 Å². The molecule has 0 fully saturated rings. The van der Waals surface area contributed by atoms with Gasteiger partial charge >= 0.3 is 0 Å². The fourth-order valence-corrected chi connectivity index (χ4v) is 2.68. The molecule has 2 aromatic rings. The van der Waals surface area contributed by atoms with E-state index in [0.717, 1.165) is 18.5 Å². The van der Waals surface area contributed by atoms with Crippen molar-refractivity contribution < 1.29 is 4.39 Å². The number of rotatable bonds is 5. The lowest BCUT2D eigenvalue weighted by molar-refractivity contribution is 0.548. The average molecular weight is 336 g/mol. The molecule has 0 aliphatic heterocycles. The summed E-state index contributed by atoms with van der Waals surface area (Å²) in [5.41, 5.74) is 3.64. The Morgan fingerprint density at radius 2 is 1.85 bits per heavy atom. The molecule has 1 unspecified atom stereocenters. The van der Waals surface area contributed by atoms with Crippen molar-refractivity contribution in [1.29, 1.82) is 0 Å². The molecular weight excluding hydrogens is 317 g/mol. The third-order valence-corrected chi connectivity index (χ3v) is 3.96. The lowest BCUT2D eigenvalue weighted by Gasteiger charge is -2.19. The number of likely N-dealkylation sites (N-methyl/N-ethyl adjacent to an activating group) is 1. The molecule has 0 radical (unpaired) electrons. The normalized spacial score (nSPS) is 12.4. The summed E-state index contributed by atoms with van der Waals surface area (Å²) in [7, 11) is 0. The van der Waals surface area contributed by atoms with E-state index in [1.165, 1.54) is 17.2 Å². The minimum absolute atomic E-state index is 0.218. The van der Waals surface area contributed by atoms with Crippen LogP contribution in [0.25, 0.3) is 0 Å². The van der Waals surface area contributed by atoms with Crippen LogP contribution in [-0.2, 0) is 6.42 Å². The van der Waals surface area contributed by atoms with E-state index in [1.807, 2.05) is 12.1 Å². The Labute approximate surface area is 128 Å². The quantitative estimate of drug-likeness (QED) is 0.828. The summed E-state index contributed by atoms with van der Waals surface area (Å²) in [6.07, 6.45) is 0.843. The standard InChI is InChI=1S/C17H19BrFN/c1-3-20-17(14-7-4-12(2)5-8-14)11-13-6-9-16(19)15(18)10-13/h4-10,17,20H,3,11H2,1-2H3. The van der Waals surface area contributed by atoms with Crippen molar-refractivity contribution >= 4 is 15.9 Å². The summed E-state index contributed by atoms with van der Waals surface area (Å²) in [6, 6.07) is 14.0. The fourth-order valence-electron chi connectivity index (χ4n) is 2.26. The molecule has 0 aromatic heterocycles. The number of benzene rings is 2. The number of hydrogen-bond acceptors (Lipinski definition) is 1. The van der Waals surface area contributed by atoms with Gasteiger partial charge in [0.05, 0.1) is 4.47 Å². The second-order valence-corrected chi connectivity index (χ2v) is 5.83. The van der Waals surface area contributed by atoms with Gasteiger partial charge in [-0.15, -0.1) is 0 Å². The minimum Gasteiger partial charge on any atom is -0.310 e. The Kier molecular flexibility index (Phi) is 5.32. The molecule has 2 aromatic carbocycles. The molecule has 0 aliphatic carbocycles. The van der Waals surface area contributed by atoms with E-state index in [1.54, 1.807) is 0 Å². The first kappa shape index (κ1) is 15.2. The molecule has 0 amide bonds. The molecule has 20 heavy (non-hydrogen) atoms. The predicted octanol–water partition coefficient (Wildman–Crippen LogP) is 4.79. The monoisotopic (exact) mass is 335 g/mol. The summed E-state index contributed by atoms with van der Waals surface area (Å²) >= 11 is 3.25. The van der Waals surface area contributed by atoms with Crippen molar-refractivity contribution in [2.45, 2.75) is 26.3 Å². The molecule has 3 heteroatoms. The van der Waals surface area contributed by atoms with Gasteiger partial charge in [-0.05, 0) is 59.1 Å². The van der Waals surface area contributed by atoms with E-state index in [4.69, 9.17) is 0 Å². The van der Waals surface area contributed by atoms with E-state index >= 15 is 0 Å². The van der Waals surface area contributed by atoms with E-state index < -0.39 is 0 Å². The van der Waals surface area contributed by atoms with Crippen molar-refractivity contribution in [2.75, 3.05) is 6.54 Å². The maximum Gasteiger partial charge on any atom is 0.137 e. The van der Waals surface area contributed by atoms with Crippen LogP contribution >= 0.6 is 15.9 Å². The first-order chi connectivity index (χ1) is 9.60. The summed E-state index contributed by atoms with van der Waals surface area (Å²) in [6.45, 7) is 5.09. The summed E-state index contributed by atoms with van der Waals surface area (Å²) in [5, 5.41) is 3.49.